The lowest BCUT2D eigenvalue weighted by Gasteiger charge is -2.34. The van der Waals surface area contributed by atoms with Gasteiger partial charge in [-0.15, -0.1) is 9.78 Å². The van der Waals surface area contributed by atoms with Crippen molar-refractivity contribution in [1.29, 1.82) is 0 Å². The van der Waals surface area contributed by atoms with Crippen LogP contribution < -0.4 is 22.9 Å². The van der Waals surface area contributed by atoms with Gasteiger partial charge in [0.15, 0.2) is 5.82 Å². The van der Waals surface area contributed by atoms with Gasteiger partial charge in [-0.05, 0) is 82.1 Å². The molecule has 5 aromatic carbocycles. The van der Waals surface area contributed by atoms with Crippen molar-refractivity contribution in [2.75, 3.05) is 0 Å². The van der Waals surface area contributed by atoms with Crippen LogP contribution in [0.25, 0.3) is 28.0 Å². The molecule has 0 saturated heterocycles. The van der Waals surface area contributed by atoms with Crippen LogP contribution in [0.5, 0.6) is 0 Å². The molecule has 0 saturated carbocycles. The largest absolute Gasteiger partial charge is 0.480 e. The van der Waals surface area contributed by atoms with E-state index in [-0.39, 0.29) is 47.7 Å². The highest BCUT2D eigenvalue weighted by molar-refractivity contribution is 5.89. The Morgan fingerprint density at radius 1 is 0.717 bits per heavy atom. The number of nitrogens with two attached hydrogens (primary N) is 3. The van der Waals surface area contributed by atoms with Crippen molar-refractivity contribution in [2.24, 2.45) is 24.2 Å². The molecule has 2 aromatic heterocycles. The molecule has 13 heteroatoms. The zero-order valence-electron chi connectivity index (χ0n) is 33.5. The maximum atomic E-state index is 14.8. The minimum Gasteiger partial charge on any atom is -0.480 e. The van der Waals surface area contributed by atoms with E-state index in [1.165, 1.54) is 10.6 Å². The van der Waals surface area contributed by atoms with E-state index in [2.05, 4.69) is 5.10 Å². The summed E-state index contributed by atoms with van der Waals surface area (Å²) < 4.78 is 3.87. The molecule has 0 radical (unpaired) electrons. The Morgan fingerprint density at radius 2 is 1.25 bits per heavy atom. The normalized spacial score (nSPS) is 14.1. The van der Waals surface area contributed by atoms with Gasteiger partial charge in [-0.3, -0.25) is 4.79 Å². The SMILES string of the molecule is CC(C)c1cc(-c2nn(C(=O)C(N)Cc3ccccc3)c(=O)n2-c2ccc3c(ccn3C)c2)c(C(N)(Cc2ccccc2)C(=O)O)cc1C(N)(Cc1ccccc1)C(=O)O. The molecule has 0 spiro atoms. The minimum atomic E-state index is -2.26. The predicted octanol–water partition coefficient (Wildman–Crippen LogP) is 5.49. The second-order valence-electron chi connectivity index (χ2n) is 15.7. The number of fused-ring (bicyclic) bond motifs is 1. The van der Waals surface area contributed by atoms with E-state index in [0.29, 0.717) is 27.1 Å². The zero-order chi connectivity index (χ0) is 42.9. The predicted molar refractivity (Wildman–Crippen MR) is 230 cm³/mol. The number of rotatable bonds is 14. The molecule has 0 amide bonds. The highest BCUT2D eigenvalue weighted by atomic mass is 16.4. The molecule has 0 aliphatic heterocycles. The summed E-state index contributed by atoms with van der Waals surface area (Å²) in [7, 11) is 1.89. The fourth-order valence-electron chi connectivity index (χ4n) is 7.88. The van der Waals surface area contributed by atoms with Gasteiger partial charge in [0.25, 0.3) is 5.91 Å². The molecule has 0 bridgehead atoms. The van der Waals surface area contributed by atoms with Crippen LogP contribution >= 0.6 is 0 Å². The van der Waals surface area contributed by atoms with Gasteiger partial charge in [-0.25, -0.2) is 19.0 Å². The van der Waals surface area contributed by atoms with E-state index in [4.69, 9.17) is 17.2 Å². The van der Waals surface area contributed by atoms with E-state index >= 15 is 0 Å². The first-order chi connectivity index (χ1) is 28.6. The van der Waals surface area contributed by atoms with Gasteiger partial charge in [0.05, 0.1) is 11.7 Å². The highest BCUT2D eigenvalue weighted by Crippen LogP contribution is 2.41. The molecular formula is C47H47N7O6. The number of aryl methyl sites for hydroxylation is 1. The van der Waals surface area contributed by atoms with E-state index in [1.54, 1.807) is 72.8 Å². The summed E-state index contributed by atoms with van der Waals surface area (Å²) in [5, 5.41) is 27.6. The van der Waals surface area contributed by atoms with Crippen molar-refractivity contribution in [3.63, 3.8) is 0 Å². The Hall–Kier alpha value is -6.93. The Bertz CT molecular complexity index is 2780. The Kier molecular flexibility index (Phi) is 11.3. The van der Waals surface area contributed by atoms with Gasteiger partial charge in [0, 0.05) is 42.6 Å². The number of nitrogens with zero attached hydrogens (tertiary/aromatic N) is 4. The summed E-state index contributed by atoms with van der Waals surface area (Å²) in [4.78, 5) is 56.1. The van der Waals surface area contributed by atoms with Crippen molar-refractivity contribution >= 4 is 28.7 Å². The number of aromatic nitrogens is 4. The van der Waals surface area contributed by atoms with Crippen molar-refractivity contribution in [3.8, 4) is 17.1 Å². The Morgan fingerprint density at radius 3 is 1.78 bits per heavy atom. The fourth-order valence-corrected chi connectivity index (χ4v) is 7.88. The molecule has 306 valence electrons. The van der Waals surface area contributed by atoms with Crippen LogP contribution in [0.3, 0.4) is 0 Å². The molecule has 8 N–H and O–H groups in total. The van der Waals surface area contributed by atoms with Crippen LogP contribution in [0.1, 0.15) is 57.9 Å². The van der Waals surface area contributed by atoms with E-state index in [1.807, 2.05) is 80.2 Å². The van der Waals surface area contributed by atoms with Crippen LogP contribution in [0, 0.1) is 0 Å². The number of carbonyl (C=O) groups excluding carboxylic acids is 1. The molecule has 13 nitrogen and oxygen atoms in total. The second-order valence-corrected chi connectivity index (χ2v) is 15.7. The van der Waals surface area contributed by atoms with E-state index < -0.39 is 40.7 Å². The second kappa shape index (κ2) is 16.4. The Balaban J connectivity index is 1.56. The molecule has 2 heterocycles. The summed E-state index contributed by atoms with van der Waals surface area (Å²) in [5.74, 6) is -4.06. The fraction of sp³-hybridized carbons (Fsp3) is 0.213. The smallest absolute Gasteiger partial charge is 0.358 e. The first-order valence-electron chi connectivity index (χ1n) is 19.5. The number of aliphatic carboxylic acids is 2. The van der Waals surface area contributed by atoms with Crippen molar-refractivity contribution in [3.05, 3.63) is 177 Å². The van der Waals surface area contributed by atoms with E-state index in [9.17, 15) is 29.4 Å². The molecule has 0 aliphatic carbocycles. The van der Waals surface area contributed by atoms with E-state index in [0.717, 1.165) is 16.5 Å². The number of carboxylic acid groups (broad SMARTS) is 2. The summed E-state index contributed by atoms with van der Waals surface area (Å²) >= 11 is 0. The van der Waals surface area contributed by atoms with Gasteiger partial charge in [-0.2, -0.15) is 0 Å². The Labute approximate surface area is 346 Å². The van der Waals surface area contributed by atoms with Crippen molar-refractivity contribution in [2.45, 2.75) is 56.1 Å². The monoisotopic (exact) mass is 805 g/mol. The standard InChI is InChI=1S/C47H47N7O6/c1-29(2)35-25-36(38(47(50,44(58)59)28-32-17-11-6-12-18-32)26-37(35)46(49,43(56)57)27-31-15-9-5-10-16-31)41-51-54(42(55)39(48)23-30-13-7-4-8-14-30)45(60)53(41)34-19-20-40-33(24-34)21-22-52(40)3/h4-22,24-26,29,39H,23,27-28,48-50H2,1-3H3,(H,56,57)(H,58,59). The summed E-state index contributed by atoms with van der Waals surface area (Å²) in [6.07, 6.45) is 1.59. The molecule has 0 fully saturated rings. The van der Waals surface area contributed by atoms with Crippen molar-refractivity contribution in [1.82, 2.24) is 18.9 Å². The quantitative estimate of drug-likeness (QED) is 0.0932. The summed E-state index contributed by atoms with van der Waals surface area (Å²) in [6, 6.07) is 35.8. The molecule has 3 atom stereocenters. The summed E-state index contributed by atoms with van der Waals surface area (Å²) in [5.41, 5.74) is 19.2. The number of carboxylic acids is 2. The average molecular weight is 806 g/mol. The van der Waals surface area contributed by atoms with Gasteiger partial charge >= 0.3 is 17.6 Å². The molecular weight excluding hydrogens is 759 g/mol. The first kappa shape index (κ1) is 41.2. The van der Waals surface area contributed by atoms with Crippen LogP contribution in [0.2, 0.25) is 0 Å². The third-order valence-electron chi connectivity index (χ3n) is 11.2. The van der Waals surface area contributed by atoms with Crippen LogP contribution in [-0.4, -0.2) is 53.0 Å². The van der Waals surface area contributed by atoms with Gasteiger partial charge in [0.2, 0.25) is 0 Å². The van der Waals surface area contributed by atoms with Gasteiger partial charge in [-0.1, -0.05) is 105 Å². The van der Waals surface area contributed by atoms with Gasteiger partial charge < -0.3 is 32.0 Å². The molecule has 0 aliphatic rings. The zero-order valence-corrected chi connectivity index (χ0v) is 33.5. The number of hydrogen-bond donors (Lipinski definition) is 5. The maximum Gasteiger partial charge on any atom is 0.358 e. The lowest BCUT2D eigenvalue weighted by atomic mass is 9.74. The number of benzene rings is 5. The van der Waals surface area contributed by atoms with Crippen LogP contribution in [0.15, 0.2) is 138 Å². The molecule has 60 heavy (non-hydrogen) atoms. The van der Waals surface area contributed by atoms with Crippen LogP contribution in [-0.2, 0) is 47.0 Å². The first-order valence-corrected chi connectivity index (χ1v) is 19.5. The lowest BCUT2D eigenvalue weighted by molar-refractivity contribution is -0.144. The van der Waals surface area contributed by atoms with Gasteiger partial charge in [0.1, 0.15) is 11.1 Å². The maximum absolute atomic E-state index is 14.8. The molecule has 7 rings (SSSR count). The lowest BCUT2D eigenvalue weighted by Crippen LogP contribution is -2.50. The topological polar surface area (TPSA) is 214 Å². The number of hydrogen-bond acceptors (Lipinski definition) is 8. The third kappa shape index (κ3) is 7.69. The summed E-state index contributed by atoms with van der Waals surface area (Å²) in [6.45, 7) is 3.70. The molecule has 7 aromatic rings. The molecule has 3 unspecified atom stereocenters. The highest BCUT2D eigenvalue weighted by Gasteiger charge is 2.45. The minimum absolute atomic E-state index is 0.0670. The van der Waals surface area contributed by atoms with Crippen molar-refractivity contribution < 1.29 is 24.6 Å². The average Bonchev–Trinajstić information content (AvgIpc) is 3.79. The third-order valence-corrected chi connectivity index (χ3v) is 11.2. The number of carbonyl (C=O) groups is 3. The van der Waals surface area contributed by atoms with Crippen LogP contribution in [0.4, 0.5) is 0 Å².